The molecule has 0 saturated carbocycles. The maximum absolute atomic E-state index is 14.2. The Kier molecular flexibility index (Phi) is 5.25. The monoisotopic (exact) mass is 337 g/mol. The molecular formula is C12H17F6NO3. The van der Waals surface area contributed by atoms with E-state index in [1.165, 1.54) is 6.92 Å². The van der Waals surface area contributed by atoms with Gasteiger partial charge in [-0.15, -0.1) is 0 Å². The van der Waals surface area contributed by atoms with Crippen molar-refractivity contribution in [1.29, 1.82) is 0 Å². The van der Waals surface area contributed by atoms with Crippen molar-refractivity contribution < 1.29 is 40.6 Å². The van der Waals surface area contributed by atoms with Crippen LogP contribution in [0.1, 0.15) is 6.92 Å². The van der Waals surface area contributed by atoms with Gasteiger partial charge < -0.3 is 14.2 Å². The number of hydrogen-bond donors (Lipinski definition) is 0. The third kappa shape index (κ3) is 3.84. The maximum atomic E-state index is 14.2. The van der Waals surface area contributed by atoms with E-state index in [0.29, 0.717) is 4.90 Å². The average Bonchev–Trinajstić information content (AvgIpc) is 2.45. The minimum Gasteiger partial charge on any atom is -0.376 e. The quantitative estimate of drug-likeness (QED) is 0.582. The normalized spacial score (nSPS) is 33.7. The molecule has 0 aliphatic carbocycles. The van der Waals surface area contributed by atoms with Crippen molar-refractivity contribution in [2.45, 2.75) is 43.6 Å². The lowest BCUT2D eigenvalue weighted by atomic mass is 10.1. The van der Waals surface area contributed by atoms with Gasteiger partial charge in [0.2, 0.25) is 6.30 Å². The van der Waals surface area contributed by atoms with Crippen LogP contribution in [0.4, 0.5) is 26.3 Å². The Bertz CT molecular complexity index is 374. The zero-order valence-corrected chi connectivity index (χ0v) is 11.8. The molecule has 2 heterocycles. The minimum absolute atomic E-state index is 0.113. The fourth-order valence-electron chi connectivity index (χ4n) is 2.46. The number of rotatable bonds is 3. The van der Waals surface area contributed by atoms with E-state index in [4.69, 9.17) is 9.47 Å². The van der Waals surface area contributed by atoms with Gasteiger partial charge in [0.15, 0.2) is 6.10 Å². The van der Waals surface area contributed by atoms with Crippen molar-refractivity contribution in [2.75, 3.05) is 32.9 Å². The fraction of sp³-hybridized carbons (Fsp3) is 1.00. The number of alkyl halides is 6. The number of hydrogen-bond acceptors (Lipinski definition) is 4. The first-order valence-electron chi connectivity index (χ1n) is 6.80. The highest BCUT2D eigenvalue weighted by atomic mass is 19.4. The van der Waals surface area contributed by atoms with Gasteiger partial charge in [0.05, 0.1) is 25.9 Å². The highest BCUT2D eigenvalue weighted by Gasteiger charge is 2.55. The van der Waals surface area contributed by atoms with Gasteiger partial charge in [-0.05, 0) is 6.92 Å². The summed E-state index contributed by atoms with van der Waals surface area (Å²) in [5, 5.41) is 0. The molecule has 2 aliphatic heterocycles. The molecule has 0 aromatic heterocycles. The van der Waals surface area contributed by atoms with Crippen molar-refractivity contribution in [3.63, 3.8) is 0 Å². The molecule has 2 rings (SSSR count). The smallest absolute Gasteiger partial charge is 0.376 e. The fourth-order valence-corrected chi connectivity index (χ4v) is 2.46. The van der Waals surface area contributed by atoms with Gasteiger partial charge in [0.25, 0.3) is 0 Å². The van der Waals surface area contributed by atoms with Crippen LogP contribution in [0.15, 0.2) is 0 Å². The van der Waals surface area contributed by atoms with E-state index in [-0.39, 0.29) is 19.8 Å². The van der Waals surface area contributed by atoms with Crippen LogP contribution in [0.25, 0.3) is 0 Å². The second-order valence-corrected chi connectivity index (χ2v) is 5.38. The predicted molar refractivity (Wildman–Crippen MR) is 62.4 cm³/mol. The Labute approximate surface area is 123 Å². The molecule has 0 N–H and O–H groups in total. The minimum atomic E-state index is -4.74. The molecule has 22 heavy (non-hydrogen) atoms. The molecule has 4 atom stereocenters. The van der Waals surface area contributed by atoms with Gasteiger partial charge in [0, 0.05) is 13.1 Å². The Morgan fingerprint density at radius 2 is 1.73 bits per heavy atom. The molecule has 4 nitrogen and oxygen atoms in total. The molecule has 0 radical (unpaired) electrons. The van der Waals surface area contributed by atoms with Gasteiger partial charge >= 0.3 is 12.1 Å². The number of morpholine rings is 1. The highest BCUT2D eigenvalue weighted by molar-refractivity contribution is 4.91. The van der Waals surface area contributed by atoms with Crippen molar-refractivity contribution in [2.24, 2.45) is 0 Å². The first kappa shape index (κ1) is 17.8. The molecule has 2 fully saturated rings. The highest BCUT2D eigenvalue weighted by Crippen LogP contribution is 2.35. The topological polar surface area (TPSA) is 30.9 Å². The molecule has 4 unspecified atom stereocenters. The Morgan fingerprint density at radius 3 is 2.27 bits per heavy atom. The van der Waals surface area contributed by atoms with E-state index >= 15 is 0 Å². The Hall–Kier alpha value is -0.580. The third-order valence-corrected chi connectivity index (χ3v) is 3.54. The predicted octanol–water partition coefficient (Wildman–Crippen LogP) is 1.98. The van der Waals surface area contributed by atoms with E-state index in [0.717, 1.165) is 0 Å². The van der Waals surface area contributed by atoms with E-state index in [1.807, 2.05) is 0 Å². The van der Waals surface area contributed by atoms with Gasteiger partial charge in [-0.25, -0.2) is 4.39 Å². The van der Waals surface area contributed by atoms with Crippen molar-refractivity contribution >= 4 is 0 Å². The summed E-state index contributed by atoms with van der Waals surface area (Å²) in [6.07, 6.45) is -12.8. The summed E-state index contributed by atoms with van der Waals surface area (Å²) in [6, 6.07) is 0. The Balaban J connectivity index is 2.07. The molecule has 0 aromatic carbocycles. The van der Waals surface area contributed by atoms with Crippen molar-refractivity contribution in [3.8, 4) is 0 Å². The van der Waals surface area contributed by atoms with Crippen LogP contribution in [-0.4, -0.2) is 74.5 Å². The Morgan fingerprint density at radius 1 is 1.05 bits per heavy atom. The first-order valence-corrected chi connectivity index (χ1v) is 6.80. The van der Waals surface area contributed by atoms with Crippen LogP contribution in [0.3, 0.4) is 0 Å². The maximum Gasteiger partial charge on any atom is 0.415 e. The average molecular weight is 337 g/mol. The second-order valence-electron chi connectivity index (χ2n) is 5.38. The molecule has 2 aliphatic rings. The van der Waals surface area contributed by atoms with Gasteiger partial charge in [-0.3, -0.25) is 4.90 Å². The van der Waals surface area contributed by atoms with Crippen LogP contribution in [0, 0.1) is 0 Å². The lowest BCUT2D eigenvalue weighted by molar-refractivity contribution is -0.283. The largest absolute Gasteiger partial charge is 0.415 e. The van der Waals surface area contributed by atoms with Gasteiger partial charge in [0.1, 0.15) is 6.10 Å². The number of nitrogens with zero attached hydrogens (tertiary/aromatic N) is 1. The van der Waals surface area contributed by atoms with E-state index in [1.54, 1.807) is 0 Å². The van der Waals surface area contributed by atoms with E-state index in [2.05, 4.69) is 4.74 Å². The summed E-state index contributed by atoms with van der Waals surface area (Å²) >= 11 is 0. The van der Waals surface area contributed by atoms with Crippen LogP contribution >= 0.6 is 0 Å². The van der Waals surface area contributed by atoms with Crippen LogP contribution in [-0.2, 0) is 14.2 Å². The van der Waals surface area contributed by atoms with Crippen molar-refractivity contribution in [1.82, 2.24) is 4.90 Å². The third-order valence-electron chi connectivity index (χ3n) is 3.54. The number of ether oxygens (including phenoxy) is 3. The molecular weight excluding hydrogens is 320 g/mol. The zero-order chi connectivity index (χ0) is 16.5. The zero-order valence-electron chi connectivity index (χ0n) is 11.8. The summed E-state index contributed by atoms with van der Waals surface area (Å²) in [5.74, 6) is -3.98. The summed E-state index contributed by atoms with van der Waals surface area (Å²) in [5.41, 5.74) is 0. The molecule has 2 saturated heterocycles. The lowest BCUT2D eigenvalue weighted by Crippen LogP contribution is -2.61. The molecule has 130 valence electrons. The molecule has 0 aromatic rings. The SMILES string of the molecule is CC1CN(C(F)C(F)(F)C2COCCO2)CC(C(F)(F)F)O1. The molecule has 0 bridgehead atoms. The standard InChI is InChI=1S/C12H17F6NO3/c1-7-4-19(5-8(22-7)12(16,17)18)10(13)11(14,15)9-6-20-2-3-21-9/h7-10H,2-6H2,1H3. The van der Waals surface area contributed by atoms with Crippen LogP contribution in [0.2, 0.25) is 0 Å². The molecule has 10 heteroatoms. The summed E-state index contributed by atoms with van der Waals surface area (Å²) in [6.45, 7) is -0.576. The van der Waals surface area contributed by atoms with Crippen LogP contribution < -0.4 is 0 Å². The summed E-state index contributed by atoms with van der Waals surface area (Å²) < 4.78 is 94.7. The first-order chi connectivity index (χ1) is 10.1. The summed E-state index contributed by atoms with van der Waals surface area (Å²) in [4.78, 5) is 0.449. The summed E-state index contributed by atoms with van der Waals surface area (Å²) in [7, 11) is 0. The molecule has 0 spiro atoms. The van der Waals surface area contributed by atoms with Gasteiger partial charge in [-0.1, -0.05) is 0 Å². The second kappa shape index (κ2) is 6.50. The number of halogens is 6. The van der Waals surface area contributed by atoms with E-state index in [9.17, 15) is 26.3 Å². The van der Waals surface area contributed by atoms with Gasteiger partial charge in [-0.2, -0.15) is 22.0 Å². The lowest BCUT2D eigenvalue weighted by Gasteiger charge is -2.42. The van der Waals surface area contributed by atoms with Crippen molar-refractivity contribution in [3.05, 3.63) is 0 Å². The molecule has 0 amide bonds. The van der Waals surface area contributed by atoms with Crippen LogP contribution in [0.5, 0.6) is 0 Å². The van der Waals surface area contributed by atoms with E-state index < -0.39 is 49.9 Å².